The van der Waals surface area contributed by atoms with Crippen LogP contribution in [0.25, 0.3) is 0 Å². The van der Waals surface area contributed by atoms with E-state index in [4.69, 9.17) is 4.74 Å². The number of carbonyl (C=O) groups excluding carboxylic acids is 2. The highest BCUT2D eigenvalue weighted by Gasteiger charge is 2.21. The number of rotatable bonds is 5. The van der Waals surface area contributed by atoms with E-state index in [1.807, 2.05) is 0 Å². The normalized spacial score (nSPS) is 12.4. The third-order valence-electron chi connectivity index (χ3n) is 2.81. The number of amides is 2. The summed E-state index contributed by atoms with van der Waals surface area (Å²) in [5, 5.41) is 12.4. The molecular weight excluding hydrogens is 303 g/mol. The predicted octanol–water partition coefficient (Wildman–Crippen LogP) is 1.84. The van der Waals surface area contributed by atoms with Gasteiger partial charge in [-0.2, -0.15) is 0 Å². The SMILES string of the molecule is CN(CC(=O)NC[C@@H](O)c1cccc(F)c1)C(=O)OC(C)(C)C. The van der Waals surface area contributed by atoms with E-state index in [0.29, 0.717) is 5.56 Å². The Hall–Kier alpha value is -2.15. The van der Waals surface area contributed by atoms with E-state index in [1.54, 1.807) is 26.8 Å². The van der Waals surface area contributed by atoms with Crippen molar-refractivity contribution in [1.29, 1.82) is 0 Å². The lowest BCUT2D eigenvalue weighted by Gasteiger charge is -2.24. The Morgan fingerprint density at radius 1 is 1.39 bits per heavy atom. The number of likely N-dealkylation sites (N-methyl/N-ethyl adjacent to an activating group) is 1. The molecule has 1 rings (SSSR count). The molecule has 0 spiro atoms. The number of nitrogens with one attached hydrogen (secondary N) is 1. The Morgan fingerprint density at radius 3 is 2.61 bits per heavy atom. The summed E-state index contributed by atoms with van der Waals surface area (Å²) in [4.78, 5) is 24.6. The molecule has 6 nitrogen and oxygen atoms in total. The minimum atomic E-state index is -1.03. The number of aliphatic hydroxyl groups excluding tert-OH is 1. The summed E-state index contributed by atoms with van der Waals surface area (Å²) in [5.74, 6) is -0.911. The van der Waals surface area contributed by atoms with Gasteiger partial charge in [0.05, 0.1) is 6.10 Å². The van der Waals surface area contributed by atoms with Crippen molar-refractivity contribution in [3.05, 3.63) is 35.6 Å². The monoisotopic (exact) mass is 326 g/mol. The molecule has 1 atom stereocenters. The van der Waals surface area contributed by atoms with E-state index in [-0.39, 0.29) is 13.1 Å². The zero-order chi connectivity index (χ0) is 17.6. The van der Waals surface area contributed by atoms with E-state index < -0.39 is 29.5 Å². The summed E-state index contributed by atoms with van der Waals surface area (Å²) in [6.45, 7) is 4.91. The van der Waals surface area contributed by atoms with E-state index in [9.17, 15) is 19.1 Å². The molecule has 0 saturated carbocycles. The average Bonchev–Trinajstić information content (AvgIpc) is 2.42. The second-order valence-corrected chi connectivity index (χ2v) is 6.21. The number of hydrogen-bond acceptors (Lipinski definition) is 4. The minimum absolute atomic E-state index is 0.0789. The molecular formula is C16H23FN2O4. The highest BCUT2D eigenvalue weighted by atomic mass is 19.1. The molecule has 1 aromatic carbocycles. The van der Waals surface area contributed by atoms with Gasteiger partial charge in [0, 0.05) is 13.6 Å². The van der Waals surface area contributed by atoms with Crippen LogP contribution in [0.2, 0.25) is 0 Å². The molecule has 0 aliphatic heterocycles. The lowest BCUT2D eigenvalue weighted by atomic mass is 10.1. The molecule has 0 aliphatic rings. The smallest absolute Gasteiger partial charge is 0.410 e. The molecule has 2 N–H and O–H groups in total. The van der Waals surface area contributed by atoms with E-state index in [2.05, 4.69) is 5.32 Å². The number of hydrogen-bond donors (Lipinski definition) is 2. The molecule has 0 saturated heterocycles. The Bertz CT molecular complexity index is 557. The van der Waals surface area contributed by atoms with Crippen LogP contribution in [0.1, 0.15) is 32.4 Å². The lowest BCUT2D eigenvalue weighted by molar-refractivity contribution is -0.122. The Balaban J connectivity index is 2.43. The second-order valence-electron chi connectivity index (χ2n) is 6.21. The molecule has 0 bridgehead atoms. The first-order valence-electron chi connectivity index (χ1n) is 7.23. The minimum Gasteiger partial charge on any atom is -0.444 e. The maximum absolute atomic E-state index is 13.1. The number of carbonyl (C=O) groups is 2. The van der Waals surface area contributed by atoms with Gasteiger partial charge in [-0.15, -0.1) is 0 Å². The second kappa shape index (κ2) is 7.92. The molecule has 0 radical (unpaired) electrons. The van der Waals surface area contributed by atoms with Gasteiger partial charge in [-0.1, -0.05) is 12.1 Å². The predicted molar refractivity (Wildman–Crippen MR) is 83.2 cm³/mol. The first kappa shape index (κ1) is 18.9. The van der Waals surface area contributed by atoms with Crippen LogP contribution in [0.15, 0.2) is 24.3 Å². The van der Waals surface area contributed by atoms with Gasteiger partial charge in [0.2, 0.25) is 5.91 Å². The van der Waals surface area contributed by atoms with Crippen molar-refractivity contribution >= 4 is 12.0 Å². The van der Waals surface area contributed by atoms with Gasteiger partial charge in [-0.25, -0.2) is 9.18 Å². The number of halogens is 1. The van der Waals surface area contributed by atoms with Gasteiger partial charge in [0.1, 0.15) is 18.0 Å². The first-order chi connectivity index (χ1) is 10.6. The van der Waals surface area contributed by atoms with Gasteiger partial charge < -0.3 is 20.1 Å². The van der Waals surface area contributed by atoms with Gasteiger partial charge in [-0.3, -0.25) is 4.79 Å². The van der Waals surface area contributed by atoms with Crippen molar-refractivity contribution in [2.75, 3.05) is 20.1 Å². The standard InChI is InChI=1S/C16H23FN2O4/c1-16(2,3)23-15(22)19(4)10-14(21)18-9-13(20)11-6-5-7-12(17)8-11/h5-8,13,20H,9-10H2,1-4H3,(H,18,21)/t13-/m1/s1. The number of nitrogens with zero attached hydrogens (tertiary/aromatic N) is 1. The third kappa shape index (κ3) is 7.10. The lowest BCUT2D eigenvalue weighted by Crippen LogP contribution is -2.41. The topological polar surface area (TPSA) is 78.9 Å². The van der Waals surface area contributed by atoms with Crippen LogP contribution in [-0.4, -0.2) is 47.7 Å². The molecule has 7 heteroatoms. The van der Waals surface area contributed by atoms with E-state index in [1.165, 1.54) is 25.2 Å². The van der Waals surface area contributed by atoms with E-state index in [0.717, 1.165) is 4.90 Å². The molecule has 0 unspecified atom stereocenters. The van der Waals surface area contributed by atoms with Crippen molar-refractivity contribution in [2.45, 2.75) is 32.5 Å². The fraction of sp³-hybridized carbons (Fsp3) is 0.500. The zero-order valence-electron chi connectivity index (χ0n) is 13.8. The largest absolute Gasteiger partial charge is 0.444 e. The van der Waals surface area contributed by atoms with Crippen LogP contribution in [-0.2, 0) is 9.53 Å². The van der Waals surface area contributed by atoms with Crippen molar-refractivity contribution < 1.29 is 23.8 Å². The average molecular weight is 326 g/mol. The number of ether oxygens (including phenoxy) is 1. The van der Waals surface area contributed by atoms with Crippen LogP contribution in [0.5, 0.6) is 0 Å². The highest BCUT2D eigenvalue weighted by Crippen LogP contribution is 2.13. The summed E-state index contributed by atoms with van der Waals surface area (Å²) in [6.07, 6.45) is -1.64. The van der Waals surface area contributed by atoms with Crippen LogP contribution in [0.3, 0.4) is 0 Å². The molecule has 128 valence electrons. The van der Waals surface area contributed by atoms with Gasteiger partial charge in [0.15, 0.2) is 0 Å². The van der Waals surface area contributed by atoms with Crippen molar-refractivity contribution in [3.63, 3.8) is 0 Å². The van der Waals surface area contributed by atoms with Gasteiger partial charge >= 0.3 is 6.09 Å². The highest BCUT2D eigenvalue weighted by molar-refractivity contribution is 5.82. The van der Waals surface area contributed by atoms with E-state index >= 15 is 0 Å². The van der Waals surface area contributed by atoms with Crippen LogP contribution in [0, 0.1) is 5.82 Å². The molecule has 0 aromatic heterocycles. The third-order valence-corrected chi connectivity index (χ3v) is 2.81. The summed E-state index contributed by atoms with van der Waals surface area (Å²) in [7, 11) is 1.44. The van der Waals surface area contributed by atoms with Crippen LogP contribution < -0.4 is 5.32 Å². The first-order valence-corrected chi connectivity index (χ1v) is 7.23. The van der Waals surface area contributed by atoms with Gasteiger partial charge in [0.25, 0.3) is 0 Å². The summed E-state index contributed by atoms with van der Waals surface area (Å²) in [5.41, 5.74) is -0.277. The number of benzene rings is 1. The molecule has 2 amide bonds. The fourth-order valence-electron chi connectivity index (χ4n) is 1.72. The summed E-state index contributed by atoms with van der Waals surface area (Å²) in [6, 6.07) is 5.51. The number of aliphatic hydroxyl groups is 1. The maximum Gasteiger partial charge on any atom is 0.410 e. The molecule has 0 heterocycles. The quantitative estimate of drug-likeness (QED) is 0.865. The summed E-state index contributed by atoms with van der Waals surface area (Å²) < 4.78 is 18.2. The van der Waals surface area contributed by atoms with Crippen molar-refractivity contribution in [3.8, 4) is 0 Å². The molecule has 0 fully saturated rings. The fourth-order valence-corrected chi connectivity index (χ4v) is 1.72. The zero-order valence-corrected chi connectivity index (χ0v) is 13.8. The van der Waals surface area contributed by atoms with Crippen LogP contribution in [0.4, 0.5) is 9.18 Å². The maximum atomic E-state index is 13.1. The van der Waals surface area contributed by atoms with Crippen LogP contribution >= 0.6 is 0 Å². The Morgan fingerprint density at radius 2 is 2.04 bits per heavy atom. The Labute approximate surface area is 135 Å². The Kier molecular flexibility index (Phi) is 6.50. The molecule has 0 aliphatic carbocycles. The van der Waals surface area contributed by atoms with Gasteiger partial charge in [-0.05, 0) is 38.5 Å². The van der Waals surface area contributed by atoms with Crippen molar-refractivity contribution in [2.24, 2.45) is 0 Å². The molecule has 23 heavy (non-hydrogen) atoms. The summed E-state index contributed by atoms with van der Waals surface area (Å²) >= 11 is 0. The van der Waals surface area contributed by atoms with Crippen molar-refractivity contribution in [1.82, 2.24) is 10.2 Å². The molecule has 1 aromatic rings.